The first-order valence-corrected chi connectivity index (χ1v) is 7.47. The zero-order valence-electron chi connectivity index (χ0n) is 11.0. The Morgan fingerprint density at radius 1 is 1.35 bits per heavy atom. The van der Waals surface area contributed by atoms with Crippen LogP contribution in [0.15, 0.2) is 29.3 Å². The molecular weight excluding hydrogens is 284 g/mol. The fraction of sp³-hybridized carbons (Fsp3) is 0.462. The van der Waals surface area contributed by atoms with Gasteiger partial charge in [0.2, 0.25) is 0 Å². The standard InChI is InChI=1S/C13H17F2N3OS/c14-12(15)19-11-4-2-1-3-10(11)9-17-13(16)18-5-7-20-8-6-18/h1-4,12H,5-9H2,(H2,16,17). The van der Waals surface area contributed by atoms with Gasteiger partial charge in [-0.1, -0.05) is 18.2 Å². The summed E-state index contributed by atoms with van der Waals surface area (Å²) in [7, 11) is 0. The van der Waals surface area contributed by atoms with Crippen LogP contribution in [0, 0.1) is 0 Å². The maximum Gasteiger partial charge on any atom is 0.387 e. The van der Waals surface area contributed by atoms with Gasteiger partial charge in [0.15, 0.2) is 5.96 Å². The van der Waals surface area contributed by atoms with Crippen molar-refractivity contribution in [3.63, 3.8) is 0 Å². The van der Waals surface area contributed by atoms with E-state index in [1.54, 1.807) is 18.2 Å². The number of hydrogen-bond donors (Lipinski definition) is 1. The highest BCUT2D eigenvalue weighted by Crippen LogP contribution is 2.21. The van der Waals surface area contributed by atoms with E-state index in [2.05, 4.69) is 9.73 Å². The van der Waals surface area contributed by atoms with Crippen molar-refractivity contribution in [2.45, 2.75) is 13.2 Å². The van der Waals surface area contributed by atoms with Crippen LogP contribution in [0.2, 0.25) is 0 Å². The molecule has 1 aliphatic rings. The van der Waals surface area contributed by atoms with Gasteiger partial charge in [-0.3, -0.25) is 0 Å². The van der Waals surface area contributed by atoms with Crippen molar-refractivity contribution in [1.82, 2.24) is 4.90 Å². The molecule has 1 fully saturated rings. The zero-order chi connectivity index (χ0) is 14.4. The molecule has 0 amide bonds. The number of guanidine groups is 1. The van der Waals surface area contributed by atoms with Crippen LogP contribution in [-0.2, 0) is 6.54 Å². The lowest BCUT2D eigenvalue weighted by atomic mass is 10.2. The van der Waals surface area contributed by atoms with E-state index in [1.165, 1.54) is 6.07 Å². The highest BCUT2D eigenvalue weighted by atomic mass is 32.2. The monoisotopic (exact) mass is 301 g/mol. The maximum atomic E-state index is 12.3. The number of alkyl halides is 2. The number of rotatable bonds is 4. The molecule has 110 valence electrons. The molecule has 0 aliphatic carbocycles. The van der Waals surface area contributed by atoms with E-state index in [9.17, 15) is 8.78 Å². The van der Waals surface area contributed by atoms with Crippen LogP contribution in [-0.4, -0.2) is 42.1 Å². The van der Waals surface area contributed by atoms with Crippen molar-refractivity contribution < 1.29 is 13.5 Å². The number of hydrogen-bond acceptors (Lipinski definition) is 3. The minimum atomic E-state index is -2.84. The summed E-state index contributed by atoms with van der Waals surface area (Å²) in [5.41, 5.74) is 6.52. The molecule has 1 saturated heterocycles. The summed E-state index contributed by atoms with van der Waals surface area (Å²) < 4.78 is 29.1. The van der Waals surface area contributed by atoms with Crippen molar-refractivity contribution >= 4 is 17.7 Å². The molecule has 1 aliphatic heterocycles. The van der Waals surface area contributed by atoms with Crippen LogP contribution in [0.3, 0.4) is 0 Å². The van der Waals surface area contributed by atoms with Crippen LogP contribution in [0.4, 0.5) is 8.78 Å². The predicted molar refractivity (Wildman–Crippen MR) is 77.3 cm³/mol. The van der Waals surface area contributed by atoms with Gasteiger partial charge in [0, 0.05) is 30.2 Å². The second-order valence-electron chi connectivity index (χ2n) is 4.26. The van der Waals surface area contributed by atoms with Gasteiger partial charge in [0.1, 0.15) is 5.75 Å². The average Bonchev–Trinajstić information content (AvgIpc) is 2.46. The number of nitrogens with zero attached hydrogens (tertiary/aromatic N) is 2. The highest BCUT2D eigenvalue weighted by molar-refractivity contribution is 7.99. The number of aliphatic imine (C=N–C) groups is 1. The van der Waals surface area contributed by atoms with Crippen molar-refractivity contribution in [1.29, 1.82) is 0 Å². The second kappa shape index (κ2) is 7.33. The first-order valence-electron chi connectivity index (χ1n) is 6.32. The SMILES string of the molecule is NC(=NCc1ccccc1OC(F)F)N1CCSCC1. The van der Waals surface area contributed by atoms with Gasteiger partial charge in [-0.25, -0.2) is 4.99 Å². The number of halogens is 2. The molecule has 4 nitrogen and oxygen atoms in total. The normalized spacial score (nSPS) is 16.6. The summed E-state index contributed by atoms with van der Waals surface area (Å²) in [6, 6.07) is 6.62. The Bertz CT molecular complexity index is 465. The molecule has 20 heavy (non-hydrogen) atoms. The van der Waals surface area contributed by atoms with Gasteiger partial charge in [0.05, 0.1) is 6.54 Å². The second-order valence-corrected chi connectivity index (χ2v) is 5.48. The van der Waals surface area contributed by atoms with E-state index in [0.29, 0.717) is 11.5 Å². The Morgan fingerprint density at radius 2 is 2.05 bits per heavy atom. The van der Waals surface area contributed by atoms with Crippen molar-refractivity contribution in [3.8, 4) is 5.75 Å². The average molecular weight is 301 g/mol. The zero-order valence-corrected chi connectivity index (χ0v) is 11.8. The van der Waals surface area contributed by atoms with Gasteiger partial charge in [-0.15, -0.1) is 0 Å². The Balaban J connectivity index is 2.02. The fourth-order valence-corrected chi connectivity index (χ4v) is 2.81. The third-order valence-electron chi connectivity index (χ3n) is 2.94. The van der Waals surface area contributed by atoms with Crippen molar-refractivity contribution in [2.75, 3.05) is 24.6 Å². The molecule has 1 aromatic carbocycles. The molecule has 0 radical (unpaired) electrons. The first kappa shape index (κ1) is 14.9. The molecule has 1 heterocycles. The van der Waals surface area contributed by atoms with Gasteiger partial charge in [0.25, 0.3) is 0 Å². The lowest BCUT2D eigenvalue weighted by molar-refractivity contribution is -0.0504. The summed E-state index contributed by atoms with van der Waals surface area (Å²) in [6.45, 7) is -0.862. The van der Waals surface area contributed by atoms with Gasteiger partial charge in [-0.05, 0) is 6.07 Å². The lowest BCUT2D eigenvalue weighted by Gasteiger charge is -2.27. The smallest absolute Gasteiger partial charge is 0.387 e. The third-order valence-corrected chi connectivity index (χ3v) is 3.88. The number of thioether (sulfide) groups is 1. The topological polar surface area (TPSA) is 50.9 Å². The Labute approximate surface area is 121 Å². The summed E-state index contributed by atoms with van der Waals surface area (Å²) >= 11 is 1.88. The van der Waals surface area contributed by atoms with E-state index in [-0.39, 0.29) is 12.3 Å². The summed E-state index contributed by atoms with van der Waals surface area (Å²) in [6.07, 6.45) is 0. The molecule has 0 bridgehead atoms. The van der Waals surface area contributed by atoms with E-state index in [1.807, 2.05) is 16.7 Å². The molecule has 7 heteroatoms. The van der Waals surface area contributed by atoms with Crippen LogP contribution in [0.5, 0.6) is 5.75 Å². The molecule has 0 atom stereocenters. The van der Waals surface area contributed by atoms with Gasteiger partial charge >= 0.3 is 6.61 Å². The van der Waals surface area contributed by atoms with E-state index in [4.69, 9.17) is 5.73 Å². The predicted octanol–water partition coefficient (Wildman–Crippen LogP) is 2.15. The van der Waals surface area contributed by atoms with E-state index in [0.717, 1.165) is 24.6 Å². The number of benzene rings is 1. The van der Waals surface area contributed by atoms with Gasteiger partial charge in [-0.2, -0.15) is 20.5 Å². The number of ether oxygens (including phenoxy) is 1. The minimum Gasteiger partial charge on any atom is -0.434 e. The molecule has 0 spiro atoms. The van der Waals surface area contributed by atoms with Crippen LogP contribution in [0.1, 0.15) is 5.56 Å². The number of para-hydroxylation sites is 1. The maximum absolute atomic E-state index is 12.3. The Hall–Kier alpha value is -1.50. The molecular formula is C13H17F2N3OS. The Morgan fingerprint density at radius 3 is 2.75 bits per heavy atom. The van der Waals surface area contributed by atoms with Crippen LogP contribution >= 0.6 is 11.8 Å². The Kier molecular flexibility index (Phi) is 5.46. The molecule has 1 aromatic rings. The van der Waals surface area contributed by atoms with Crippen LogP contribution in [0.25, 0.3) is 0 Å². The summed E-state index contributed by atoms with van der Waals surface area (Å²) in [5.74, 6) is 2.66. The fourth-order valence-electron chi connectivity index (χ4n) is 1.90. The van der Waals surface area contributed by atoms with E-state index < -0.39 is 6.61 Å². The summed E-state index contributed by atoms with van der Waals surface area (Å²) in [5, 5.41) is 0. The minimum absolute atomic E-state index is 0.147. The molecule has 0 saturated carbocycles. The quantitative estimate of drug-likeness (QED) is 0.684. The highest BCUT2D eigenvalue weighted by Gasteiger charge is 2.13. The molecule has 0 unspecified atom stereocenters. The largest absolute Gasteiger partial charge is 0.434 e. The first-order chi connectivity index (χ1) is 9.66. The van der Waals surface area contributed by atoms with Crippen molar-refractivity contribution in [3.05, 3.63) is 29.8 Å². The third kappa shape index (κ3) is 4.26. The van der Waals surface area contributed by atoms with Gasteiger partial charge < -0.3 is 15.4 Å². The van der Waals surface area contributed by atoms with E-state index >= 15 is 0 Å². The van der Waals surface area contributed by atoms with Crippen LogP contribution < -0.4 is 10.5 Å². The van der Waals surface area contributed by atoms with Crippen molar-refractivity contribution in [2.24, 2.45) is 10.7 Å². The lowest BCUT2D eigenvalue weighted by Crippen LogP contribution is -2.42. The molecule has 2 rings (SSSR count). The molecule has 2 N–H and O–H groups in total. The summed E-state index contributed by atoms with van der Waals surface area (Å²) in [4.78, 5) is 6.28. The molecule has 0 aromatic heterocycles. The number of nitrogens with two attached hydrogens (primary N) is 1.